The number of hydrogen-bond donors (Lipinski definition) is 7. The van der Waals surface area contributed by atoms with Crippen LogP contribution in [0.4, 0.5) is 16.2 Å². The van der Waals surface area contributed by atoms with Crippen LogP contribution in [-0.2, 0) is 60.6 Å². The van der Waals surface area contributed by atoms with Crippen LogP contribution in [0.1, 0.15) is 121 Å². The first-order valence-electron chi connectivity index (χ1n) is 29.1. The van der Waals surface area contributed by atoms with Crippen LogP contribution < -0.4 is 21.7 Å². The Morgan fingerprint density at radius 2 is 1.10 bits per heavy atom. The van der Waals surface area contributed by atoms with E-state index in [0.29, 0.717) is 63.3 Å². The highest BCUT2D eigenvalue weighted by atomic mass is 35.5. The summed E-state index contributed by atoms with van der Waals surface area (Å²) in [5.41, 5.74) is 6.23. The second-order valence-electron chi connectivity index (χ2n) is 25.0. The third kappa shape index (κ3) is 14.2. The highest BCUT2D eigenvalue weighted by Gasteiger charge is 2.67. The molecule has 94 heavy (non-hydrogen) atoms. The van der Waals surface area contributed by atoms with Gasteiger partial charge in [-0.3, -0.25) is 4.79 Å². The summed E-state index contributed by atoms with van der Waals surface area (Å²) in [5.74, 6) is -3.38. The van der Waals surface area contributed by atoms with Crippen molar-refractivity contribution in [1.29, 1.82) is 0 Å². The maximum atomic E-state index is 12.8. The number of alkyl carbamates (subject to hydrolysis) is 1. The first kappa shape index (κ1) is 72.6. The Morgan fingerprint density at radius 1 is 0.638 bits per heavy atom. The van der Waals surface area contributed by atoms with Crippen molar-refractivity contribution < 1.29 is 67.6 Å². The van der Waals surface area contributed by atoms with Gasteiger partial charge >= 0.3 is 12.1 Å². The van der Waals surface area contributed by atoms with E-state index in [2.05, 4.69) is 45.9 Å². The smallest absolute Gasteiger partial charge is 0.407 e. The van der Waals surface area contributed by atoms with Gasteiger partial charge in [0.1, 0.15) is 98.2 Å². The maximum absolute atomic E-state index is 12.8. The summed E-state index contributed by atoms with van der Waals surface area (Å²) in [6.45, 7) is 19.0. The van der Waals surface area contributed by atoms with Crippen LogP contribution >= 0.6 is 34.8 Å². The number of carboxylic acids is 1. The zero-order valence-corrected chi connectivity index (χ0v) is 53.5. The normalized spacial score (nSPS) is 27.7. The number of carboxylic acid groups (broad SMARTS) is 1. The highest BCUT2D eigenvalue weighted by molar-refractivity contribution is 6.34. The van der Waals surface area contributed by atoms with Gasteiger partial charge in [0.25, 0.3) is 5.91 Å². The molecule has 8 N–H and O–H groups in total. The molecule has 0 saturated carbocycles. The molecule has 8 aromatic rings. The Balaban J connectivity index is 0.000000183. The zero-order chi connectivity index (χ0) is 65.3. The first-order chi connectivity index (χ1) is 42.9. The van der Waals surface area contributed by atoms with Gasteiger partial charge in [0, 0.05) is 49.6 Å². The van der Waals surface area contributed by atoms with E-state index in [9.17, 15) is 29.7 Å². The molecule has 11 heterocycles. The Bertz CT molecular complexity index is 4050. The number of amides is 2. The first-order valence-corrected chi connectivity index (χ1v) is 30.2. The zero-order valence-electron chi connectivity index (χ0n) is 51.2. The lowest BCUT2D eigenvalue weighted by atomic mass is 9.94. The van der Waals surface area contributed by atoms with Crippen LogP contribution in [-0.4, -0.2) is 154 Å². The molecule has 508 valence electrons. The summed E-state index contributed by atoms with van der Waals surface area (Å²) in [4.78, 5) is 61.3. The molecule has 27 nitrogen and oxygen atoms in total. The van der Waals surface area contributed by atoms with Gasteiger partial charge in [0.05, 0.1) is 16.2 Å². The topological polar surface area (TPSA) is 340 Å². The van der Waals surface area contributed by atoms with Crippen molar-refractivity contribution in [3.05, 3.63) is 131 Å². The molecule has 5 saturated heterocycles. The molecule has 6 aromatic heterocycles. The van der Waals surface area contributed by atoms with Crippen LogP contribution in [0.25, 0.3) is 33.1 Å². The van der Waals surface area contributed by atoms with Crippen LogP contribution in [0.5, 0.6) is 0 Å². The molecular weight excluding hydrogens is 1280 g/mol. The van der Waals surface area contributed by atoms with Gasteiger partial charge < -0.3 is 88.6 Å². The van der Waals surface area contributed by atoms with Gasteiger partial charge in [-0.05, 0) is 123 Å². The Hall–Kier alpha value is -7.22. The Labute approximate surface area is 558 Å². The summed E-state index contributed by atoms with van der Waals surface area (Å²) >= 11 is 18.4. The van der Waals surface area contributed by atoms with Gasteiger partial charge in [-0.25, -0.2) is 39.5 Å². The molecule has 5 aliphatic rings. The van der Waals surface area contributed by atoms with E-state index >= 15 is 0 Å². The molecule has 13 rings (SSSR count). The summed E-state index contributed by atoms with van der Waals surface area (Å²) < 4.78 is 53.3. The predicted octanol–water partition coefficient (Wildman–Crippen LogP) is 10.1. The van der Waals surface area contributed by atoms with Gasteiger partial charge in [-0.1, -0.05) is 81.3 Å². The van der Waals surface area contributed by atoms with Crippen molar-refractivity contribution in [1.82, 2.24) is 48.9 Å². The van der Waals surface area contributed by atoms with Gasteiger partial charge in [0.2, 0.25) is 0 Å². The average molecular weight is 1360 g/mol. The van der Waals surface area contributed by atoms with Crippen molar-refractivity contribution in [2.24, 2.45) is 5.73 Å². The number of aliphatic hydroxyl groups excluding tert-OH is 1. The number of rotatable bonds is 12. The number of fused-ring (bicyclic) bond motifs is 5. The molecule has 0 unspecified atom stereocenters. The number of aromatic nitrogens is 9. The van der Waals surface area contributed by atoms with Crippen LogP contribution in [0.2, 0.25) is 15.5 Å². The number of ether oxygens (including phenoxy) is 8. The third-order valence-corrected chi connectivity index (χ3v) is 17.1. The summed E-state index contributed by atoms with van der Waals surface area (Å²) in [6, 6.07) is 20.2. The second kappa shape index (κ2) is 27.5. The van der Waals surface area contributed by atoms with Crippen molar-refractivity contribution in [3.8, 4) is 0 Å². The molecule has 0 aliphatic carbocycles. The number of nitrogens with one attached hydrogen (secondary N) is 3. The van der Waals surface area contributed by atoms with E-state index in [-0.39, 0.29) is 39.6 Å². The number of aliphatic hydroxyl groups is 2. The maximum Gasteiger partial charge on any atom is 0.407 e. The van der Waals surface area contributed by atoms with Crippen molar-refractivity contribution in [2.75, 3.05) is 17.2 Å². The number of nitrogens with zero attached hydrogens (tertiary/aromatic N) is 9. The number of carbonyl (C=O) groups is 3. The summed E-state index contributed by atoms with van der Waals surface area (Å²) in [7, 11) is 0. The van der Waals surface area contributed by atoms with Gasteiger partial charge in [-0.15, -0.1) is 0 Å². The molecule has 0 spiro atoms. The van der Waals surface area contributed by atoms with E-state index in [4.69, 9.17) is 78.4 Å². The average Bonchev–Trinajstić information content (AvgIpc) is 1.57. The number of halogens is 3. The van der Waals surface area contributed by atoms with E-state index in [1.807, 2.05) is 88.7 Å². The molecular formula is C64H82Cl3N13O14. The molecule has 2 amide bonds. The molecule has 12 atom stereocenters. The van der Waals surface area contributed by atoms with Crippen LogP contribution in [0, 0.1) is 0 Å². The van der Waals surface area contributed by atoms with Gasteiger partial charge in [-0.2, -0.15) is 0 Å². The minimum absolute atomic E-state index is 0. The summed E-state index contributed by atoms with van der Waals surface area (Å²) in [5, 5.41) is 43.0. The minimum atomic E-state index is -1.84. The number of anilines is 2. The fraction of sp³-hybridized carbons (Fsp3) is 0.484. The summed E-state index contributed by atoms with van der Waals surface area (Å²) in [6.07, 6.45) is 1.43. The molecule has 5 aliphatic heterocycles. The van der Waals surface area contributed by atoms with Crippen LogP contribution in [0.3, 0.4) is 0 Å². The lowest BCUT2D eigenvalue weighted by Crippen LogP contribution is -2.49. The number of hydrogen-bond acceptors (Lipinski definition) is 21. The molecule has 0 radical (unpaired) electrons. The highest BCUT2D eigenvalue weighted by Crippen LogP contribution is 2.53. The minimum Gasteiger partial charge on any atom is -0.479 e. The largest absolute Gasteiger partial charge is 0.479 e. The number of nitrogens with two attached hydrogens (primary N) is 1. The van der Waals surface area contributed by atoms with Crippen LogP contribution in [0.15, 0.2) is 104 Å². The van der Waals surface area contributed by atoms with E-state index in [0.717, 1.165) is 22.2 Å². The van der Waals surface area contributed by atoms with Crippen molar-refractivity contribution >= 4 is 97.2 Å². The lowest BCUT2D eigenvalue weighted by Gasteiger charge is -2.29. The van der Waals surface area contributed by atoms with Gasteiger partial charge in [0.15, 0.2) is 42.5 Å². The standard InChI is InChI=1S/C27H34ClN5O5.C19H20ClN5O4.C15H16ClN3O5.3CH4/c1-25(2,3)37-24(34)30-13-16-8-7-9-17(12-16)29-14-19-27(6)20(36-26(4,5)38-27)23(35-19)33-11-10-18-21(28)31-15-32-22(18)33;1-19(28)13(26)18(25-6-5-12-15(20)22-9-23-16(12)25)29-14(19)17(27)24-11-4-2-3-10(7-11)8-21;1-14(2)23-8-12(22-9(13(20)21)15(8,3)24-14)19-5-4-7-10(16)17-6-18-11(7)19;;;/h7-12,15,19-20,23,29H,13-14H2,1-6H3,(H,30,34);2-7,9,13-14,18,26,28H,8,21H2,1H3,(H,24,27);4-6,8-9,12H,1-3H3,(H,20,21);3*1H4/t19-,20+,23-,27-;13-,14+,18+,19-;8-,9+,12+,15-;;;/m100.../s1. The van der Waals surface area contributed by atoms with E-state index < -0.39 is 95.0 Å². The molecule has 5 fully saturated rings. The van der Waals surface area contributed by atoms with E-state index in [1.54, 1.807) is 68.1 Å². The number of benzene rings is 2. The van der Waals surface area contributed by atoms with E-state index in [1.165, 1.54) is 30.5 Å². The predicted molar refractivity (Wildman–Crippen MR) is 352 cm³/mol. The second-order valence-corrected chi connectivity index (χ2v) is 26.1. The molecule has 0 bridgehead atoms. The molecule has 2 aromatic carbocycles. The lowest BCUT2D eigenvalue weighted by molar-refractivity contribution is -0.214. The SMILES string of the molecule is C.C.C.CC(C)(C)OC(=O)NCc1cccc(NC[C@H]2O[C@@H](n3ccc4c(Cl)ncnc43)[C@@H]3OC(C)(C)O[C@]23C)c1.CC1(C)O[C@H]2[C@H](n3ccc4c(Cl)ncnc43)O[C@H](C(=O)O)[C@@]2(C)O1.C[C@@]1(O)[C@@H](C(=O)Nc2cccc(CN)c2)O[C@@H](n2ccc3c(Cl)ncnc32)[C@@H]1O. The number of aliphatic carboxylic acids is 1. The Kier molecular flexibility index (Phi) is 21.2. The fourth-order valence-electron chi connectivity index (χ4n) is 12.2. The third-order valence-electron chi connectivity index (χ3n) is 16.2. The monoisotopic (exact) mass is 1360 g/mol. The van der Waals surface area contributed by atoms with Crippen molar-refractivity contribution in [2.45, 2.75) is 194 Å². The quantitative estimate of drug-likeness (QED) is 0.0559. The number of carbonyl (C=O) groups excluding carboxylic acids is 2. The Morgan fingerprint density at radius 3 is 1.61 bits per heavy atom. The molecule has 30 heteroatoms. The fourth-order valence-corrected chi connectivity index (χ4v) is 12.7. The van der Waals surface area contributed by atoms with Crippen molar-refractivity contribution in [3.63, 3.8) is 0 Å².